The number of hydrogen-bond donors (Lipinski definition) is 3. The van der Waals surface area contributed by atoms with Crippen LogP contribution in [0.2, 0.25) is 0 Å². The first kappa shape index (κ1) is 17.0. The van der Waals surface area contributed by atoms with Crippen molar-refractivity contribution < 1.29 is 19.4 Å². The van der Waals surface area contributed by atoms with Gasteiger partial charge in [-0.1, -0.05) is 18.2 Å². The van der Waals surface area contributed by atoms with Gasteiger partial charge >= 0.3 is 0 Å². The molecule has 0 spiro atoms. The molecule has 3 N–H and O–H groups in total. The maximum absolute atomic E-state index is 12.3. The molecule has 1 saturated heterocycles. The van der Waals surface area contributed by atoms with Crippen molar-refractivity contribution in [1.82, 2.24) is 0 Å². The van der Waals surface area contributed by atoms with E-state index in [1.807, 2.05) is 19.1 Å². The van der Waals surface area contributed by atoms with E-state index in [2.05, 4.69) is 10.6 Å². The summed E-state index contributed by atoms with van der Waals surface area (Å²) in [6.07, 6.45) is 1.12. The van der Waals surface area contributed by atoms with Crippen LogP contribution in [0.3, 0.4) is 0 Å². The molecule has 6 heteroatoms. The Hall–Kier alpha value is -2.86. The molecule has 0 radical (unpaired) electrons. The second-order valence-corrected chi connectivity index (χ2v) is 5.99. The number of benzene rings is 2. The minimum Gasteiger partial charge on any atom is -0.506 e. The van der Waals surface area contributed by atoms with Crippen LogP contribution in [0, 0.1) is 6.92 Å². The molecular formula is C19H20N2O4. The van der Waals surface area contributed by atoms with E-state index < -0.39 is 6.10 Å². The van der Waals surface area contributed by atoms with Crippen LogP contribution in [0.5, 0.6) is 5.75 Å². The van der Waals surface area contributed by atoms with Gasteiger partial charge < -0.3 is 20.5 Å². The van der Waals surface area contributed by atoms with E-state index in [-0.39, 0.29) is 23.3 Å². The maximum atomic E-state index is 12.3. The van der Waals surface area contributed by atoms with Gasteiger partial charge in [-0.15, -0.1) is 0 Å². The van der Waals surface area contributed by atoms with E-state index in [4.69, 9.17) is 4.74 Å². The van der Waals surface area contributed by atoms with Crippen molar-refractivity contribution in [3.05, 3.63) is 53.6 Å². The monoisotopic (exact) mass is 340 g/mol. The molecule has 2 aromatic rings. The summed E-state index contributed by atoms with van der Waals surface area (Å²) in [6, 6.07) is 11.8. The number of nitrogens with one attached hydrogen (secondary N) is 2. The summed E-state index contributed by atoms with van der Waals surface area (Å²) in [5.74, 6) is -0.648. The van der Waals surface area contributed by atoms with Crippen LogP contribution in [0.4, 0.5) is 11.4 Å². The number of phenolic OH excluding ortho intramolecular Hbond substituents is 1. The quantitative estimate of drug-likeness (QED) is 0.747. The van der Waals surface area contributed by atoms with Crippen LogP contribution in [-0.4, -0.2) is 29.6 Å². The van der Waals surface area contributed by atoms with Crippen LogP contribution in [0.1, 0.15) is 28.8 Å². The Morgan fingerprint density at radius 1 is 1.16 bits per heavy atom. The highest BCUT2D eigenvalue weighted by Gasteiger charge is 2.23. The Bertz CT molecular complexity index is 798. The van der Waals surface area contributed by atoms with Gasteiger partial charge in [0, 0.05) is 23.9 Å². The molecule has 1 atom stereocenters. The average Bonchev–Trinajstić information content (AvgIpc) is 3.12. The molecule has 2 aromatic carbocycles. The minimum atomic E-state index is -0.442. The lowest BCUT2D eigenvalue weighted by Gasteiger charge is -2.13. The van der Waals surface area contributed by atoms with Crippen molar-refractivity contribution in [2.24, 2.45) is 0 Å². The molecule has 25 heavy (non-hydrogen) atoms. The third kappa shape index (κ3) is 3.97. The molecule has 6 nitrogen and oxygen atoms in total. The maximum Gasteiger partial charge on any atom is 0.256 e. The van der Waals surface area contributed by atoms with Crippen molar-refractivity contribution in [2.75, 3.05) is 17.2 Å². The van der Waals surface area contributed by atoms with Gasteiger partial charge in [0.05, 0.1) is 5.69 Å². The number of ether oxygens (including phenoxy) is 1. The lowest BCUT2D eigenvalue weighted by molar-refractivity contribution is -0.124. The zero-order chi connectivity index (χ0) is 17.8. The van der Waals surface area contributed by atoms with Gasteiger partial charge in [-0.25, -0.2) is 0 Å². The minimum absolute atomic E-state index is 0.118. The number of rotatable bonds is 4. The van der Waals surface area contributed by atoms with Crippen molar-refractivity contribution >= 4 is 23.2 Å². The first-order valence-electron chi connectivity index (χ1n) is 8.17. The number of aromatic hydroxyl groups is 1. The molecular weight excluding hydrogens is 320 g/mol. The Kier molecular flexibility index (Phi) is 5.00. The predicted octanol–water partition coefficient (Wildman–Crippen LogP) is 3.07. The van der Waals surface area contributed by atoms with Crippen LogP contribution in [-0.2, 0) is 9.53 Å². The van der Waals surface area contributed by atoms with Crippen molar-refractivity contribution in [1.29, 1.82) is 0 Å². The largest absolute Gasteiger partial charge is 0.506 e. The highest BCUT2D eigenvalue weighted by atomic mass is 16.5. The summed E-state index contributed by atoms with van der Waals surface area (Å²) in [5, 5.41) is 15.5. The fourth-order valence-electron chi connectivity index (χ4n) is 2.74. The molecule has 130 valence electrons. The Morgan fingerprint density at radius 3 is 2.64 bits per heavy atom. The molecule has 1 fully saturated rings. The molecule has 0 unspecified atom stereocenters. The SMILES string of the molecule is Cc1ccccc1C(=O)Nc1ccc(NC(=O)[C@@H]2CCCO2)cc1O. The normalized spacial score (nSPS) is 16.4. The molecule has 0 saturated carbocycles. The number of hydrogen-bond acceptors (Lipinski definition) is 4. The standard InChI is InChI=1S/C19H20N2O4/c1-12-5-2-3-6-14(12)18(23)21-15-9-8-13(11-16(15)22)20-19(24)17-7-4-10-25-17/h2-3,5-6,8-9,11,17,22H,4,7,10H2,1H3,(H,20,24)(H,21,23)/t17-/m0/s1. The summed E-state index contributed by atoms with van der Waals surface area (Å²) in [4.78, 5) is 24.3. The van der Waals surface area contributed by atoms with Gasteiger partial charge in [-0.2, -0.15) is 0 Å². The van der Waals surface area contributed by atoms with Crippen LogP contribution >= 0.6 is 0 Å². The molecule has 1 heterocycles. The summed E-state index contributed by atoms with van der Waals surface area (Å²) in [6.45, 7) is 2.44. The lowest BCUT2D eigenvalue weighted by Crippen LogP contribution is -2.26. The zero-order valence-electron chi connectivity index (χ0n) is 13.9. The second-order valence-electron chi connectivity index (χ2n) is 5.99. The average molecular weight is 340 g/mol. The Balaban J connectivity index is 1.68. The fourth-order valence-corrected chi connectivity index (χ4v) is 2.74. The topological polar surface area (TPSA) is 87.7 Å². The molecule has 0 aromatic heterocycles. The molecule has 2 amide bonds. The van der Waals surface area contributed by atoms with E-state index in [9.17, 15) is 14.7 Å². The molecule has 3 rings (SSSR count). The van der Waals surface area contributed by atoms with E-state index >= 15 is 0 Å². The van der Waals surface area contributed by atoms with Gasteiger partial charge in [0.15, 0.2) is 0 Å². The van der Waals surface area contributed by atoms with E-state index in [1.165, 1.54) is 6.07 Å². The Labute approximate surface area is 145 Å². The highest BCUT2D eigenvalue weighted by molar-refractivity contribution is 6.06. The van der Waals surface area contributed by atoms with E-state index in [0.717, 1.165) is 12.0 Å². The number of anilines is 2. The first-order chi connectivity index (χ1) is 12.0. The van der Waals surface area contributed by atoms with Crippen LogP contribution in [0.15, 0.2) is 42.5 Å². The summed E-state index contributed by atoms with van der Waals surface area (Å²) in [7, 11) is 0. The number of amides is 2. The smallest absolute Gasteiger partial charge is 0.256 e. The van der Waals surface area contributed by atoms with Gasteiger partial charge in [0.1, 0.15) is 11.9 Å². The Morgan fingerprint density at radius 2 is 1.96 bits per heavy atom. The van der Waals surface area contributed by atoms with Crippen molar-refractivity contribution in [2.45, 2.75) is 25.9 Å². The third-order valence-electron chi connectivity index (χ3n) is 4.13. The van der Waals surface area contributed by atoms with Gasteiger partial charge in [-0.05, 0) is 43.5 Å². The highest BCUT2D eigenvalue weighted by Crippen LogP contribution is 2.28. The molecule has 1 aliphatic heterocycles. The van der Waals surface area contributed by atoms with E-state index in [1.54, 1.807) is 24.3 Å². The van der Waals surface area contributed by atoms with Crippen LogP contribution in [0.25, 0.3) is 0 Å². The molecule has 1 aliphatic rings. The van der Waals surface area contributed by atoms with Gasteiger partial charge in [0.2, 0.25) is 0 Å². The number of carbonyl (C=O) groups excluding carboxylic acids is 2. The third-order valence-corrected chi connectivity index (χ3v) is 4.13. The van der Waals surface area contributed by atoms with Crippen molar-refractivity contribution in [3.63, 3.8) is 0 Å². The summed E-state index contributed by atoms with van der Waals surface area (Å²) >= 11 is 0. The number of phenols is 1. The summed E-state index contributed by atoms with van der Waals surface area (Å²) < 4.78 is 5.32. The van der Waals surface area contributed by atoms with Crippen molar-refractivity contribution in [3.8, 4) is 5.75 Å². The van der Waals surface area contributed by atoms with Crippen LogP contribution < -0.4 is 10.6 Å². The van der Waals surface area contributed by atoms with Gasteiger partial charge in [-0.3, -0.25) is 9.59 Å². The number of carbonyl (C=O) groups is 2. The predicted molar refractivity (Wildman–Crippen MR) is 94.8 cm³/mol. The summed E-state index contributed by atoms with van der Waals surface area (Å²) in [5.41, 5.74) is 2.12. The van der Waals surface area contributed by atoms with Gasteiger partial charge in [0.25, 0.3) is 11.8 Å². The zero-order valence-corrected chi connectivity index (χ0v) is 13.9. The second kappa shape index (κ2) is 7.36. The first-order valence-corrected chi connectivity index (χ1v) is 8.17. The number of aryl methyl sites for hydroxylation is 1. The molecule has 0 bridgehead atoms. The lowest BCUT2D eigenvalue weighted by atomic mass is 10.1. The van der Waals surface area contributed by atoms with E-state index in [0.29, 0.717) is 24.3 Å². The molecule has 0 aliphatic carbocycles. The fraction of sp³-hybridized carbons (Fsp3) is 0.263.